The molecule has 1 aliphatic heterocycles. The molecule has 1 atom stereocenters. The number of hydrogen-bond acceptors (Lipinski definition) is 4. The predicted octanol–water partition coefficient (Wildman–Crippen LogP) is 0.926. The Kier molecular flexibility index (Phi) is 5.11. The number of nitrogens with one attached hydrogen (secondary N) is 2. The van der Waals surface area contributed by atoms with Crippen LogP contribution in [0.3, 0.4) is 0 Å². The molecule has 16 heavy (non-hydrogen) atoms. The van der Waals surface area contributed by atoms with Crippen LogP contribution in [0.5, 0.6) is 0 Å². The van der Waals surface area contributed by atoms with Gasteiger partial charge in [0.1, 0.15) is 5.82 Å². The van der Waals surface area contributed by atoms with Gasteiger partial charge in [-0.25, -0.2) is 4.68 Å². The summed E-state index contributed by atoms with van der Waals surface area (Å²) in [5.41, 5.74) is 0. The van der Waals surface area contributed by atoms with E-state index in [0.29, 0.717) is 0 Å². The molecule has 5 nitrogen and oxygen atoms in total. The van der Waals surface area contributed by atoms with Crippen LogP contribution < -0.4 is 10.6 Å². The normalized spacial score (nSPS) is 19.2. The lowest BCUT2D eigenvalue weighted by Gasteiger charge is -2.11. The topological polar surface area (TPSA) is 59.0 Å². The van der Waals surface area contributed by atoms with E-state index in [-0.39, 0.29) is 24.4 Å². The Balaban J connectivity index is 0.00000128. The molecule has 1 aliphatic rings. The molecule has 0 bridgehead atoms. The highest BCUT2D eigenvalue weighted by atomic mass is 35.5. The molecular weight excluding hydrogens is 248 g/mol. The summed E-state index contributed by atoms with van der Waals surface area (Å²) in [5.74, 6) is 2.48. The van der Waals surface area contributed by atoms with Gasteiger partial charge in [0.05, 0.1) is 12.2 Å². The van der Waals surface area contributed by atoms with Crippen molar-refractivity contribution in [1.29, 1.82) is 0 Å². The average molecular weight is 263 g/mol. The van der Waals surface area contributed by atoms with Crippen molar-refractivity contribution in [3.8, 4) is 0 Å². The molecule has 2 heterocycles. The SMILES string of the molecule is CCn1nccc1NC(=O)[C@H]1CSCN1.Cl. The zero-order valence-electron chi connectivity index (χ0n) is 8.97. The number of aryl methyl sites for hydroxylation is 1. The lowest BCUT2D eigenvalue weighted by molar-refractivity contribution is -0.117. The number of aromatic nitrogens is 2. The van der Waals surface area contributed by atoms with Gasteiger partial charge in [-0.05, 0) is 6.92 Å². The Morgan fingerprint density at radius 1 is 1.81 bits per heavy atom. The zero-order chi connectivity index (χ0) is 10.7. The van der Waals surface area contributed by atoms with Gasteiger partial charge in [-0.15, -0.1) is 24.2 Å². The van der Waals surface area contributed by atoms with E-state index in [9.17, 15) is 4.79 Å². The van der Waals surface area contributed by atoms with Gasteiger partial charge >= 0.3 is 0 Å². The maximum absolute atomic E-state index is 11.8. The first-order valence-electron chi connectivity index (χ1n) is 4.95. The maximum atomic E-state index is 11.8. The molecule has 90 valence electrons. The molecule has 1 aromatic heterocycles. The van der Waals surface area contributed by atoms with Crippen molar-refractivity contribution < 1.29 is 4.79 Å². The van der Waals surface area contributed by atoms with Gasteiger partial charge in [-0.2, -0.15) is 5.10 Å². The number of carbonyl (C=O) groups is 1. The van der Waals surface area contributed by atoms with E-state index in [1.807, 2.05) is 13.0 Å². The third kappa shape index (κ3) is 2.90. The molecule has 0 radical (unpaired) electrons. The highest BCUT2D eigenvalue weighted by molar-refractivity contribution is 7.99. The average Bonchev–Trinajstić information content (AvgIpc) is 2.87. The summed E-state index contributed by atoms with van der Waals surface area (Å²) in [6, 6.07) is 1.74. The number of amides is 1. The number of anilines is 1. The quantitative estimate of drug-likeness (QED) is 0.851. The van der Waals surface area contributed by atoms with E-state index in [2.05, 4.69) is 15.7 Å². The van der Waals surface area contributed by atoms with Crippen LogP contribution in [0, 0.1) is 0 Å². The van der Waals surface area contributed by atoms with Crippen LogP contribution in [-0.2, 0) is 11.3 Å². The molecule has 1 aromatic rings. The Morgan fingerprint density at radius 3 is 3.25 bits per heavy atom. The number of halogens is 1. The molecule has 0 spiro atoms. The molecule has 0 saturated carbocycles. The summed E-state index contributed by atoms with van der Waals surface area (Å²) in [5, 5.41) is 10.1. The first-order valence-corrected chi connectivity index (χ1v) is 6.10. The number of nitrogens with zero attached hydrogens (tertiary/aromatic N) is 2. The fourth-order valence-electron chi connectivity index (χ4n) is 1.47. The Morgan fingerprint density at radius 2 is 2.62 bits per heavy atom. The van der Waals surface area contributed by atoms with Crippen molar-refractivity contribution in [3.05, 3.63) is 12.3 Å². The lowest BCUT2D eigenvalue weighted by atomic mass is 10.3. The smallest absolute Gasteiger partial charge is 0.243 e. The van der Waals surface area contributed by atoms with Crippen molar-refractivity contribution in [2.24, 2.45) is 0 Å². The van der Waals surface area contributed by atoms with Crippen LogP contribution in [0.1, 0.15) is 6.92 Å². The van der Waals surface area contributed by atoms with E-state index in [0.717, 1.165) is 24.0 Å². The van der Waals surface area contributed by atoms with Crippen LogP contribution >= 0.6 is 24.2 Å². The molecule has 2 N–H and O–H groups in total. The highest BCUT2D eigenvalue weighted by Gasteiger charge is 2.22. The third-order valence-electron chi connectivity index (χ3n) is 2.30. The largest absolute Gasteiger partial charge is 0.310 e. The Labute approximate surface area is 105 Å². The molecule has 2 rings (SSSR count). The molecule has 1 saturated heterocycles. The molecule has 0 aromatic carbocycles. The second-order valence-corrected chi connectivity index (χ2v) is 4.32. The van der Waals surface area contributed by atoms with Crippen LogP contribution in [0.25, 0.3) is 0 Å². The highest BCUT2D eigenvalue weighted by Crippen LogP contribution is 2.12. The second kappa shape index (κ2) is 6.12. The third-order valence-corrected chi connectivity index (χ3v) is 3.24. The van der Waals surface area contributed by atoms with Gasteiger partial charge in [-0.3, -0.25) is 10.1 Å². The number of hydrogen-bond donors (Lipinski definition) is 2. The summed E-state index contributed by atoms with van der Waals surface area (Å²) in [4.78, 5) is 11.8. The van der Waals surface area contributed by atoms with Crippen molar-refractivity contribution in [2.75, 3.05) is 16.9 Å². The van der Waals surface area contributed by atoms with E-state index in [1.165, 1.54) is 0 Å². The monoisotopic (exact) mass is 262 g/mol. The minimum Gasteiger partial charge on any atom is -0.310 e. The second-order valence-electron chi connectivity index (χ2n) is 3.29. The zero-order valence-corrected chi connectivity index (χ0v) is 10.6. The van der Waals surface area contributed by atoms with E-state index < -0.39 is 0 Å². The fraction of sp³-hybridized carbons (Fsp3) is 0.556. The van der Waals surface area contributed by atoms with Gasteiger partial charge in [-0.1, -0.05) is 0 Å². The van der Waals surface area contributed by atoms with Crippen LogP contribution in [-0.4, -0.2) is 33.4 Å². The number of rotatable bonds is 3. The number of thioether (sulfide) groups is 1. The maximum Gasteiger partial charge on any atom is 0.243 e. The van der Waals surface area contributed by atoms with Crippen molar-refractivity contribution in [1.82, 2.24) is 15.1 Å². The molecule has 1 fully saturated rings. The Bertz CT molecular complexity index is 351. The van der Waals surface area contributed by atoms with Gasteiger partial charge in [0.2, 0.25) is 5.91 Å². The summed E-state index contributed by atoms with van der Waals surface area (Å²) in [6.07, 6.45) is 1.69. The van der Waals surface area contributed by atoms with Gasteiger partial charge in [0.25, 0.3) is 0 Å². The molecule has 0 aliphatic carbocycles. The first kappa shape index (κ1) is 13.3. The standard InChI is InChI=1S/C9H14N4OS.ClH/c1-2-13-8(3-4-11-13)12-9(14)7-5-15-6-10-7;/h3-4,7,10H,2,5-6H2,1H3,(H,12,14);1H/t7-;/m1./s1. The Hall–Kier alpha value is -0.720. The van der Waals surface area contributed by atoms with Crippen LogP contribution in [0.15, 0.2) is 12.3 Å². The van der Waals surface area contributed by atoms with E-state index in [1.54, 1.807) is 22.6 Å². The van der Waals surface area contributed by atoms with E-state index in [4.69, 9.17) is 0 Å². The van der Waals surface area contributed by atoms with Crippen molar-refractivity contribution in [2.45, 2.75) is 19.5 Å². The van der Waals surface area contributed by atoms with E-state index >= 15 is 0 Å². The van der Waals surface area contributed by atoms with Gasteiger partial charge in [0.15, 0.2) is 0 Å². The first-order chi connectivity index (χ1) is 7.31. The number of carbonyl (C=O) groups excluding carboxylic acids is 1. The van der Waals surface area contributed by atoms with Gasteiger partial charge in [0, 0.05) is 24.2 Å². The minimum absolute atomic E-state index is 0. The summed E-state index contributed by atoms with van der Waals surface area (Å²) in [7, 11) is 0. The van der Waals surface area contributed by atoms with Gasteiger partial charge < -0.3 is 5.32 Å². The minimum atomic E-state index is -0.0739. The molecule has 0 unspecified atom stereocenters. The molecular formula is C9H15ClN4OS. The summed E-state index contributed by atoms with van der Waals surface area (Å²) in [6.45, 7) is 2.75. The van der Waals surface area contributed by atoms with Crippen LogP contribution in [0.4, 0.5) is 5.82 Å². The lowest BCUT2D eigenvalue weighted by Crippen LogP contribution is -2.37. The summed E-state index contributed by atoms with van der Waals surface area (Å²) < 4.78 is 1.76. The van der Waals surface area contributed by atoms with Crippen molar-refractivity contribution >= 4 is 35.9 Å². The molecule has 1 amide bonds. The van der Waals surface area contributed by atoms with Crippen LogP contribution in [0.2, 0.25) is 0 Å². The molecule has 7 heteroatoms. The summed E-state index contributed by atoms with van der Waals surface area (Å²) >= 11 is 1.74. The predicted molar refractivity (Wildman–Crippen MR) is 68.0 cm³/mol. The fourth-order valence-corrected chi connectivity index (χ4v) is 2.41. The van der Waals surface area contributed by atoms with Crippen molar-refractivity contribution in [3.63, 3.8) is 0 Å².